The third kappa shape index (κ3) is 2.81. The van der Waals surface area contributed by atoms with Crippen LogP contribution < -0.4 is 5.56 Å². The van der Waals surface area contributed by atoms with Crippen molar-refractivity contribution in [3.8, 4) is 0 Å². The van der Waals surface area contributed by atoms with Crippen LogP contribution in [0.5, 0.6) is 0 Å². The maximum absolute atomic E-state index is 11.2. The fraction of sp³-hybridized carbons (Fsp3) is 0.636. The van der Waals surface area contributed by atoms with E-state index in [1.54, 1.807) is 17.7 Å². The van der Waals surface area contributed by atoms with E-state index in [0.717, 1.165) is 5.69 Å². The average Bonchev–Trinajstić information content (AvgIpc) is 2.40. The quantitative estimate of drug-likeness (QED) is 0.821. The molecule has 0 aliphatic carbocycles. The van der Waals surface area contributed by atoms with Crippen molar-refractivity contribution in [3.05, 3.63) is 22.1 Å². The molecule has 1 N–H and O–H groups in total. The number of rotatable bonds is 4. The minimum atomic E-state index is -0.110. The molecule has 4 heteroatoms. The number of H-pyrrole nitrogens is 1. The topological polar surface area (TPSA) is 54.9 Å². The summed E-state index contributed by atoms with van der Waals surface area (Å²) in [6.07, 6.45) is 0.461. The SMILES string of the molecule is CC(=O)C[C@@H](C(C)C)n1[nH]c(=O)cc1C. The Morgan fingerprint density at radius 2 is 2.13 bits per heavy atom. The van der Waals surface area contributed by atoms with Gasteiger partial charge in [0.2, 0.25) is 0 Å². The molecule has 1 aromatic rings. The summed E-state index contributed by atoms with van der Waals surface area (Å²) in [5.74, 6) is 0.457. The maximum Gasteiger partial charge on any atom is 0.264 e. The summed E-state index contributed by atoms with van der Waals surface area (Å²) in [5.41, 5.74) is 0.765. The summed E-state index contributed by atoms with van der Waals surface area (Å²) in [7, 11) is 0. The Bertz CT molecular complexity index is 401. The summed E-state index contributed by atoms with van der Waals surface area (Å²) in [6, 6.07) is 1.60. The van der Waals surface area contributed by atoms with Gasteiger partial charge in [-0.3, -0.25) is 19.4 Å². The van der Waals surface area contributed by atoms with Crippen molar-refractivity contribution in [2.75, 3.05) is 0 Å². The van der Waals surface area contributed by atoms with Gasteiger partial charge in [-0.1, -0.05) is 13.8 Å². The van der Waals surface area contributed by atoms with Crippen molar-refractivity contribution in [2.24, 2.45) is 5.92 Å². The highest BCUT2D eigenvalue weighted by Crippen LogP contribution is 2.21. The highest BCUT2D eigenvalue weighted by atomic mass is 16.1. The number of aromatic nitrogens is 2. The molecule has 4 nitrogen and oxygen atoms in total. The van der Waals surface area contributed by atoms with Gasteiger partial charge in [0.1, 0.15) is 5.78 Å². The number of hydrogen-bond donors (Lipinski definition) is 1. The lowest BCUT2D eigenvalue weighted by Crippen LogP contribution is -2.21. The molecule has 0 radical (unpaired) electrons. The molecule has 1 aromatic heterocycles. The van der Waals surface area contributed by atoms with Crippen LogP contribution in [0.1, 0.15) is 38.9 Å². The minimum Gasteiger partial charge on any atom is -0.300 e. The summed E-state index contributed by atoms with van der Waals surface area (Å²) in [4.78, 5) is 22.3. The van der Waals surface area contributed by atoms with Crippen LogP contribution in [0.3, 0.4) is 0 Å². The lowest BCUT2D eigenvalue weighted by atomic mass is 9.99. The molecule has 0 spiro atoms. The van der Waals surface area contributed by atoms with E-state index >= 15 is 0 Å². The minimum absolute atomic E-state index is 0.0465. The van der Waals surface area contributed by atoms with Gasteiger partial charge in [0.25, 0.3) is 5.56 Å². The molecule has 0 saturated heterocycles. The molecule has 0 aliphatic rings. The first-order valence-electron chi connectivity index (χ1n) is 5.19. The molecule has 0 aliphatic heterocycles. The van der Waals surface area contributed by atoms with Gasteiger partial charge in [0, 0.05) is 18.2 Å². The van der Waals surface area contributed by atoms with Gasteiger partial charge in [-0.15, -0.1) is 0 Å². The molecular formula is C11H18N2O2. The van der Waals surface area contributed by atoms with Gasteiger partial charge in [-0.2, -0.15) is 0 Å². The van der Waals surface area contributed by atoms with E-state index in [1.807, 2.05) is 20.8 Å². The number of aryl methyl sites for hydroxylation is 1. The zero-order chi connectivity index (χ0) is 11.6. The van der Waals surface area contributed by atoms with Crippen molar-refractivity contribution >= 4 is 5.78 Å². The van der Waals surface area contributed by atoms with Crippen LogP contribution in [0, 0.1) is 12.8 Å². The molecule has 0 aromatic carbocycles. The Morgan fingerprint density at radius 3 is 2.47 bits per heavy atom. The molecule has 0 amide bonds. The Labute approximate surface area is 89.3 Å². The fourth-order valence-corrected chi connectivity index (χ4v) is 1.76. The highest BCUT2D eigenvalue weighted by molar-refractivity contribution is 5.75. The largest absolute Gasteiger partial charge is 0.300 e. The van der Waals surface area contributed by atoms with Gasteiger partial charge in [0.15, 0.2) is 0 Å². The van der Waals surface area contributed by atoms with Crippen LogP contribution in [0.15, 0.2) is 10.9 Å². The monoisotopic (exact) mass is 210 g/mol. The molecule has 1 heterocycles. The van der Waals surface area contributed by atoms with Crippen LogP contribution in [0.4, 0.5) is 0 Å². The summed E-state index contributed by atoms with van der Waals surface area (Å²) in [6.45, 7) is 7.54. The summed E-state index contributed by atoms with van der Waals surface area (Å²) >= 11 is 0. The molecule has 1 atom stereocenters. The molecule has 1 rings (SSSR count). The van der Waals surface area contributed by atoms with Crippen LogP contribution in [-0.2, 0) is 4.79 Å². The summed E-state index contributed by atoms with van der Waals surface area (Å²) in [5, 5.41) is 2.74. The Kier molecular flexibility index (Phi) is 3.50. The van der Waals surface area contributed by atoms with Gasteiger partial charge < -0.3 is 0 Å². The molecule has 15 heavy (non-hydrogen) atoms. The third-order valence-electron chi connectivity index (χ3n) is 2.55. The molecule has 0 saturated carbocycles. The average molecular weight is 210 g/mol. The van der Waals surface area contributed by atoms with E-state index in [2.05, 4.69) is 5.10 Å². The van der Waals surface area contributed by atoms with Crippen molar-refractivity contribution in [1.29, 1.82) is 0 Å². The van der Waals surface area contributed by atoms with E-state index in [4.69, 9.17) is 0 Å². The van der Waals surface area contributed by atoms with E-state index < -0.39 is 0 Å². The fourth-order valence-electron chi connectivity index (χ4n) is 1.76. The van der Waals surface area contributed by atoms with Crippen LogP contribution in [0.2, 0.25) is 0 Å². The molecule has 0 fully saturated rings. The van der Waals surface area contributed by atoms with E-state index in [1.165, 1.54) is 0 Å². The zero-order valence-electron chi connectivity index (χ0n) is 9.70. The number of carbonyl (C=O) groups excluding carboxylic acids is 1. The number of nitrogens with zero attached hydrogens (tertiary/aromatic N) is 1. The second kappa shape index (κ2) is 4.47. The number of carbonyl (C=O) groups is 1. The van der Waals surface area contributed by atoms with E-state index in [9.17, 15) is 9.59 Å². The van der Waals surface area contributed by atoms with Crippen molar-refractivity contribution < 1.29 is 4.79 Å². The number of ketones is 1. The second-order valence-corrected chi connectivity index (χ2v) is 4.35. The second-order valence-electron chi connectivity index (χ2n) is 4.35. The number of aromatic amines is 1. The van der Waals surface area contributed by atoms with Gasteiger partial charge in [-0.25, -0.2) is 0 Å². The predicted molar refractivity (Wildman–Crippen MR) is 59.0 cm³/mol. The summed E-state index contributed by atoms with van der Waals surface area (Å²) < 4.78 is 1.80. The van der Waals surface area contributed by atoms with Crippen LogP contribution in [-0.4, -0.2) is 15.6 Å². The lowest BCUT2D eigenvalue weighted by Gasteiger charge is -2.22. The molecule has 0 bridgehead atoms. The van der Waals surface area contributed by atoms with Gasteiger partial charge in [0.05, 0.1) is 6.04 Å². The standard InChI is InChI=1S/C11H18N2O2/c1-7(2)10(6-9(4)14)13-8(3)5-11(15)12-13/h5,7,10H,6H2,1-4H3,(H,12,15)/t10-/m0/s1. The van der Waals surface area contributed by atoms with Crippen molar-refractivity contribution in [1.82, 2.24) is 9.78 Å². The smallest absolute Gasteiger partial charge is 0.264 e. The first kappa shape index (κ1) is 11.8. The Hall–Kier alpha value is -1.32. The van der Waals surface area contributed by atoms with E-state index in [-0.39, 0.29) is 17.4 Å². The maximum atomic E-state index is 11.2. The number of nitrogens with one attached hydrogen (secondary N) is 1. The van der Waals surface area contributed by atoms with Crippen LogP contribution >= 0.6 is 0 Å². The Morgan fingerprint density at radius 1 is 1.53 bits per heavy atom. The number of Topliss-reactive ketones (excluding diaryl/α,β-unsaturated/α-hetero) is 1. The van der Waals surface area contributed by atoms with Crippen molar-refractivity contribution in [2.45, 2.75) is 40.2 Å². The van der Waals surface area contributed by atoms with Crippen molar-refractivity contribution in [3.63, 3.8) is 0 Å². The first-order chi connectivity index (χ1) is 6.91. The molecular weight excluding hydrogens is 192 g/mol. The lowest BCUT2D eigenvalue weighted by molar-refractivity contribution is -0.118. The van der Waals surface area contributed by atoms with E-state index in [0.29, 0.717) is 12.3 Å². The number of hydrogen-bond acceptors (Lipinski definition) is 2. The zero-order valence-corrected chi connectivity index (χ0v) is 9.70. The highest BCUT2D eigenvalue weighted by Gasteiger charge is 2.19. The predicted octanol–water partition coefficient (Wildman–Crippen LogP) is 1.66. The van der Waals surface area contributed by atoms with Crippen LogP contribution in [0.25, 0.3) is 0 Å². The third-order valence-corrected chi connectivity index (χ3v) is 2.55. The molecule has 84 valence electrons. The van der Waals surface area contributed by atoms with Gasteiger partial charge >= 0.3 is 0 Å². The molecule has 0 unspecified atom stereocenters. The normalized spacial score (nSPS) is 13.1. The Balaban J connectivity index is 3.03. The van der Waals surface area contributed by atoms with Gasteiger partial charge in [-0.05, 0) is 19.8 Å². The first-order valence-corrected chi connectivity index (χ1v) is 5.19.